The van der Waals surface area contributed by atoms with E-state index in [2.05, 4.69) is 20.6 Å². The van der Waals surface area contributed by atoms with Crippen molar-refractivity contribution in [1.82, 2.24) is 19.9 Å². The number of aromatic nitrogens is 3. The molecule has 3 rings (SSSR count). The van der Waals surface area contributed by atoms with Crippen LogP contribution in [0.25, 0.3) is 11.4 Å². The van der Waals surface area contributed by atoms with Gasteiger partial charge < -0.3 is 25.2 Å². The normalized spacial score (nSPS) is 12.9. The Kier molecular flexibility index (Phi) is 9.85. The molecular weight excluding hydrogens is 538 g/mol. The summed E-state index contributed by atoms with van der Waals surface area (Å²) in [5, 5.41) is 18.1. The summed E-state index contributed by atoms with van der Waals surface area (Å²) in [6.45, 7) is 10.9. The Morgan fingerprint density at radius 1 is 1.12 bits per heavy atom. The van der Waals surface area contributed by atoms with Crippen LogP contribution in [0.3, 0.4) is 0 Å². The molecule has 0 fully saturated rings. The van der Waals surface area contributed by atoms with Crippen LogP contribution in [0.2, 0.25) is 0 Å². The number of hydrogen-bond acceptors (Lipinski definition) is 10. The zero-order chi connectivity index (χ0) is 29.6. The van der Waals surface area contributed by atoms with E-state index in [1.807, 2.05) is 6.92 Å². The van der Waals surface area contributed by atoms with Crippen LogP contribution in [-0.2, 0) is 23.9 Å². The van der Waals surface area contributed by atoms with Crippen LogP contribution in [0.5, 0.6) is 5.88 Å². The van der Waals surface area contributed by atoms with Crippen molar-refractivity contribution in [3.05, 3.63) is 34.3 Å². The van der Waals surface area contributed by atoms with Crippen LogP contribution in [0.1, 0.15) is 75.7 Å². The monoisotopic (exact) mass is 573 g/mol. The SMILES string of the molecule is CCOC(=O)CC[C@H](NC(=O)c1cc(C(C)n2cnc3nc(NC(=O)C(C)(C)C)cc-3c2O)cs1)C(=O)OCC. The third-order valence-electron chi connectivity index (χ3n) is 6.02. The molecule has 0 radical (unpaired) electrons. The molecule has 3 heterocycles. The maximum atomic E-state index is 13.0. The Bertz CT molecular complexity index is 1340. The Hall–Kier alpha value is -4.00. The number of esters is 2. The zero-order valence-corrected chi connectivity index (χ0v) is 24.3. The maximum absolute atomic E-state index is 13.0. The van der Waals surface area contributed by atoms with Crippen molar-refractivity contribution in [2.75, 3.05) is 18.5 Å². The summed E-state index contributed by atoms with van der Waals surface area (Å²) in [6.07, 6.45) is 1.43. The number of anilines is 1. The van der Waals surface area contributed by atoms with E-state index < -0.39 is 35.3 Å². The molecule has 3 N–H and O–H groups in total. The average Bonchev–Trinajstić information content (AvgIpc) is 3.54. The topological polar surface area (TPSA) is 162 Å². The number of ether oxygens (including phenoxy) is 2. The first-order valence-electron chi connectivity index (χ1n) is 12.9. The first-order valence-corrected chi connectivity index (χ1v) is 13.8. The number of rotatable bonds is 11. The first kappa shape index (κ1) is 30.5. The number of fused-ring (bicyclic) bond motifs is 1. The fourth-order valence-corrected chi connectivity index (χ4v) is 4.60. The maximum Gasteiger partial charge on any atom is 0.328 e. The number of hydrogen-bond donors (Lipinski definition) is 3. The summed E-state index contributed by atoms with van der Waals surface area (Å²) in [5.41, 5.74) is 0.470. The molecule has 2 aliphatic heterocycles. The molecule has 1 aromatic heterocycles. The third kappa shape index (κ3) is 7.34. The molecular formula is C27H35N5O7S. The Balaban J connectivity index is 1.76. The lowest BCUT2D eigenvalue weighted by molar-refractivity contribution is -0.146. The molecule has 0 saturated carbocycles. The summed E-state index contributed by atoms with van der Waals surface area (Å²) in [5.74, 6) is -1.34. The number of nitrogens with zero attached hydrogens (tertiary/aromatic N) is 3. The van der Waals surface area contributed by atoms with E-state index in [0.29, 0.717) is 10.4 Å². The van der Waals surface area contributed by atoms with Gasteiger partial charge in [-0.15, -0.1) is 11.3 Å². The second kappa shape index (κ2) is 12.9. The molecule has 1 unspecified atom stereocenters. The van der Waals surface area contributed by atoms with Crippen LogP contribution in [-0.4, -0.2) is 62.7 Å². The number of aromatic hydroxyl groups is 1. The fraction of sp³-hybridized carbons (Fsp3) is 0.481. The number of carbonyl (C=O) groups is 4. The van der Waals surface area contributed by atoms with Crippen molar-refractivity contribution in [2.24, 2.45) is 5.41 Å². The Morgan fingerprint density at radius 3 is 2.48 bits per heavy atom. The van der Waals surface area contributed by atoms with Crippen molar-refractivity contribution >= 4 is 40.9 Å². The highest BCUT2D eigenvalue weighted by atomic mass is 32.1. The highest BCUT2D eigenvalue weighted by Crippen LogP contribution is 2.36. The summed E-state index contributed by atoms with van der Waals surface area (Å²) >= 11 is 1.17. The third-order valence-corrected chi connectivity index (χ3v) is 6.97. The largest absolute Gasteiger partial charge is 0.494 e. The minimum Gasteiger partial charge on any atom is -0.494 e. The second-order valence-electron chi connectivity index (χ2n) is 10.1. The summed E-state index contributed by atoms with van der Waals surface area (Å²) in [6, 6.07) is 1.79. The van der Waals surface area contributed by atoms with Crippen molar-refractivity contribution < 1.29 is 33.8 Å². The van der Waals surface area contributed by atoms with Gasteiger partial charge in [-0.25, -0.2) is 14.8 Å². The van der Waals surface area contributed by atoms with Crippen molar-refractivity contribution in [3.8, 4) is 17.3 Å². The van der Waals surface area contributed by atoms with E-state index in [1.54, 1.807) is 52.1 Å². The van der Waals surface area contributed by atoms with Crippen molar-refractivity contribution in [3.63, 3.8) is 0 Å². The molecule has 0 aromatic carbocycles. The number of amides is 2. The van der Waals surface area contributed by atoms with Gasteiger partial charge in [0, 0.05) is 11.8 Å². The van der Waals surface area contributed by atoms with E-state index in [9.17, 15) is 24.3 Å². The van der Waals surface area contributed by atoms with Gasteiger partial charge in [0.25, 0.3) is 5.91 Å². The van der Waals surface area contributed by atoms with Crippen LogP contribution in [0, 0.1) is 5.41 Å². The minimum atomic E-state index is -1.01. The minimum absolute atomic E-state index is 0.0410. The van der Waals surface area contributed by atoms with E-state index >= 15 is 0 Å². The molecule has 0 aliphatic carbocycles. The van der Waals surface area contributed by atoms with Gasteiger partial charge in [0.2, 0.25) is 11.8 Å². The lowest BCUT2D eigenvalue weighted by atomic mass is 9.96. The van der Waals surface area contributed by atoms with Gasteiger partial charge in [-0.2, -0.15) is 0 Å². The molecule has 2 aliphatic rings. The summed E-state index contributed by atoms with van der Waals surface area (Å²) in [4.78, 5) is 58.4. The lowest BCUT2D eigenvalue weighted by Gasteiger charge is -2.18. The number of thiophene rings is 1. The van der Waals surface area contributed by atoms with E-state index in [4.69, 9.17) is 9.47 Å². The van der Waals surface area contributed by atoms with Gasteiger partial charge in [-0.3, -0.25) is 19.0 Å². The zero-order valence-electron chi connectivity index (χ0n) is 23.4. The smallest absolute Gasteiger partial charge is 0.328 e. The second-order valence-corrected chi connectivity index (χ2v) is 11.0. The Morgan fingerprint density at radius 2 is 1.82 bits per heavy atom. The molecule has 2 atom stereocenters. The molecule has 0 saturated heterocycles. The van der Waals surface area contributed by atoms with Crippen LogP contribution >= 0.6 is 11.3 Å². The van der Waals surface area contributed by atoms with Crippen molar-refractivity contribution in [1.29, 1.82) is 0 Å². The van der Waals surface area contributed by atoms with E-state index in [0.717, 1.165) is 5.56 Å². The van der Waals surface area contributed by atoms with Crippen molar-refractivity contribution in [2.45, 2.75) is 66.5 Å². The van der Waals surface area contributed by atoms with Gasteiger partial charge in [-0.1, -0.05) is 20.8 Å². The predicted octanol–water partition coefficient (Wildman–Crippen LogP) is 3.75. The van der Waals surface area contributed by atoms with Crippen LogP contribution in [0.15, 0.2) is 23.8 Å². The Labute approximate surface area is 236 Å². The van der Waals surface area contributed by atoms with Gasteiger partial charge in [-0.05, 0) is 50.3 Å². The van der Waals surface area contributed by atoms with Crippen LogP contribution < -0.4 is 10.6 Å². The number of carbonyl (C=O) groups excluding carboxylic acids is 4. The van der Waals surface area contributed by atoms with Gasteiger partial charge >= 0.3 is 11.9 Å². The van der Waals surface area contributed by atoms with Gasteiger partial charge in [0.1, 0.15) is 18.2 Å². The molecule has 0 spiro atoms. The van der Waals surface area contributed by atoms with Gasteiger partial charge in [0.15, 0.2) is 5.82 Å². The highest BCUT2D eigenvalue weighted by Gasteiger charge is 2.27. The average molecular weight is 574 g/mol. The standard InChI is InChI=1S/C27H35N5O7S/c1-7-38-21(33)10-9-18(25(36)39-8-2)29-23(34)19-11-16(13-40-19)15(3)32-14-28-22-17(24(32)35)12-20(30-22)31-26(37)27(4,5)6/h11-15,18,35H,7-10H2,1-6H3,(H,29,34)(H,31,37)/t15?,18-/m0/s1. The fourth-order valence-electron chi connectivity index (χ4n) is 3.70. The highest BCUT2D eigenvalue weighted by molar-refractivity contribution is 7.12. The van der Waals surface area contributed by atoms with E-state index in [1.165, 1.54) is 22.2 Å². The molecule has 216 valence electrons. The van der Waals surface area contributed by atoms with E-state index in [-0.39, 0.29) is 49.5 Å². The molecule has 2 amide bonds. The molecule has 0 bridgehead atoms. The molecule has 12 nitrogen and oxygen atoms in total. The van der Waals surface area contributed by atoms with Gasteiger partial charge in [0.05, 0.1) is 29.7 Å². The summed E-state index contributed by atoms with van der Waals surface area (Å²) in [7, 11) is 0. The van der Waals surface area contributed by atoms with Crippen LogP contribution in [0.4, 0.5) is 5.82 Å². The lowest BCUT2D eigenvalue weighted by Crippen LogP contribution is -2.42. The predicted molar refractivity (Wildman–Crippen MR) is 148 cm³/mol. The molecule has 1 aromatic rings. The summed E-state index contributed by atoms with van der Waals surface area (Å²) < 4.78 is 11.5. The quantitative estimate of drug-likeness (QED) is 0.290. The molecule has 40 heavy (non-hydrogen) atoms. The molecule has 13 heteroatoms. The first-order chi connectivity index (χ1) is 18.8. The number of nitrogens with one attached hydrogen (secondary N) is 2.